The van der Waals surface area contributed by atoms with Gasteiger partial charge in [-0.15, -0.1) is 0 Å². The number of amides is 2. The van der Waals surface area contributed by atoms with E-state index in [1.165, 1.54) is 0 Å². The van der Waals surface area contributed by atoms with Gasteiger partial charge in [-0.25, -0.2) is 14.8 Å². The topological polar surface area (TPSA) is 61.4 Å². The van der Waals surface area contributed by atoms with Gasteiger partial charge < -0.3 is 10.2 Å². The number of carbonyl (C=O) groups excluding carboxylic acids is 1. The monoisotopic (exact) mass is 323 g/mol. The number of thioether (sulfide) groups is 1. The molecule has 0 spiro atoms. The molecule has 0 aromatic carbocycles. The standard InChI is InChI=1S/C15H25N5OS/c1-12(22-3)9-18-15(21)20-8-5-13(10-20)19(2)11-14-16-6-4-7-17-14/h4,6-7,12-13H,5,8-11H2,1-3H3,(H,18,21). The Labute approximate surface area is 136 Å². The van der Waals surface area contributed by atoms with Gasteiger partial charge in [-0.2, -0.15) is 11.8 Å². The Bertz CT molecular complexity index is 472. The fourth-order valence-electron chi connectivity index (χ4n) is 2.48. The summed E-state index contributed by atoms with van der Waals surface area (Å²) < 4.78 is 0. The Balaban J connectivity index is 1.78. The van der Waals surface area contributed by atoms with Crippen LogP contribution in [0.5, 0.6) is 0 Å². The highest BCUT2D eigenvalue weighted by Gasteiger charge is 2.29. The third-order valence-corrected chi connectivity index (χ3v) is 5.00. The zero-order valence-electron chi connectivity index (χ0n) is 13.5. The minimum absolute atomic E-state index is 0.0489. The first-order valence-electron chi connectivity index (χ1n) is 7.62. The minimum atomic E-state index is 0.0489. The van der Waals surface area contributed by atoms with Crippen LogP contribution < -0.4 is 5.32 Å². The van der Waals surface area contributed by atoms with Crippen LogP contribution in [-0.2, 0) is 6.54 Å². The number of likely N-dealkylation sites (tertiary alicyclic amines) is 1. The van der Waals surface area contributed by atoms with Gasteiger partial charge in [0.05, 0.1) is 6.54 Å². The summed E-state index contributed by atoms with van der Waals surface area (Å²) in [6, 6.07) is 2.24. The molecule has 0 bridgehead atoms. The largest absolute Gasteiger partial charge is 0.337 e. The van der Waals surface area contributed by atoms with Crippen LogP contribution in [0.2, 0.25) is 0 Å². The lowest BCUT2D eigenvalue weighted by atomic mass is 10.2. The van der Waals surface area contributed by atoms with Crippen molar-refractivity contribution >= 4 is 17.8 Å². The fourth-order valence-corrected chi connectivity index (χ4v) is 2.73. The van der Waals surface area contributed by atoms with Crippen molar-refractivity contribution in [2.75, 3.05) is 32.9 Å². The molecule has 0 radical (unpaired) electrons. The molecule has 7 heteroatoms. The van der Waals surface area contributed by atoms with Crippen LogP contribution in [0.1, 0.15) is 19.2 Å². The molecule has 22 heavy (non-hydrogen) atoms. The van der Waals surface area contributed by atoms with Gasteiger partial charge in [-0.1, -0.05) is 6.92 Å². The highest BCUT2D eigenvalue weighted by molar-refractivity contribution is 7.99. The summed E-state index contributed by atoms with van der Waals surface area (Å²) in [5, 5.41) is 3.45. The van der Waals surface area contributed by atoms with Crippen molar-refractivity contribution in [2.45, 2.75) is 31.2 Å². The Morgan fingerprint density at radius 1 is 1.55 bits per heavy atom. The maximum atomic E-state index is 12.2. The molecule has 1 aliphatic heterocycles. The number of carbonyl (C=O) groups is 1. The molecule has 0 saturated carbocycles. The first-order chi connectivity index (χ1) is 10.6. The van der Waals surface area contributed by atoms with E-state index in [1.807, 2.05) is 11.0 Å². The highest BCUT2D eigenvalue weighted by atomic mass is 32.2. The van der Waals surface area contributed by atoms with E-state index in [4.69, 9.17) is 0 Å². The molecule has 2 unspecified atom stereocenters. The Kier molecular flexibility index (Phi) is 6.45. The smallest absolute Gasteiger partial charge is 0.317 e. The average Bonchev–Trinajstić information content (AvgIpc) is 3.03. The van der Waals surface area contributed by atoms with Crippen LogP contribution in [0.25, 0.3) is 0 Å². The number of hydrogen-bond donors (Lipinski definition) is 1. The van der Waals surface area contributed by atoms with Crippen molar-refractivity contribution in [3.63, 3.8) is 0 Å². The fraction of sp³-hybridized carbons (Fsp3) is 0.667. The van der Waals surface area contributed by atoms with E-state index in [0.29, 0.717) is 17.8 Å². The average molecular weight is 323 g/mol. The van der Waals surface area contributed by atoms with Gasteiger partial charge in [0.15, 0.2) is 0 Å². The zero-order valence-corrected chi connectivity index (χ0v) is 14.3. The molecule has 1 aromatic rings. The van der Waals surface area contributed by atoms with Crippen LogP contribution in [0.15, 0.2) is 18.5 Å². The molecule has 0 aliphatic carbocycles. The summed E-state index contributed by atoms with van der Waals surface area (Å²) in [6.45, 7) is 5.12. The van der Waals surface area contributed by atoms with Crippen molar-refractivity contribution in [3.8, 4) is 0 Å². The van der Waals surface area contributed by atoms with Crippen LogP contribution in [0.4, 0.5) is 4.79 Å². The Hall–Kier alpha value is -1.34. The van der Waals surface area contributed by atoms with Gasteiger partial charge >= 0.3 is 6.03 Å². The van der Waals surface area contributed by atoms with Gasteiger partial charge in [-0.05, 0) is 25.8 Å². The lowest BCUT2D eigenvalue weighted by molar-refractivity contribution is 0.196. The normalized spacial score (nSPS) is 19.5. The second kappa shape index (κ2) is 8.33. The molecular formula is C15H25N5OS. The van der Waals surface area contributed by atoms with Gasteiger partial charge in [0.1, 0.15) is 5.82 Å². The summed E-state index contributed by atoms with van der Waals surface area (Å²) in [6.07, 6.45) is 6.58. The summed E-state index contributed by atoms with van der Waals surface area (Å²) >= 11 is 1.76. The van der Waals surface area contributed by atoms with E-state index < -0.39 is 0 Å². The third kappa shape index (κ3) is 4.84. The number of rotatable bonds is 6. The zero-order chi connectivity index (χ0) is 15.9. The number of aromatic nitrogens is 2. The SMILES string of the molecule is CSC(C)CNC(=O)N1CCC(N(C)Cc2ncccn2)C1. The maximum Gasteiger partial charge on any atom is 0.317 e. The van der Waals surface area contributed by atoms with Crippen molar-refractivity contribution in [1.29, 1.82) is 0 Å². The van der Waals surface area contributed by atoms with Crippen molar-refractivity contribution in [3.05, 3.63) is 24.3 Å². The summed E-state index contributed by atoms with van der Waals surface area (Å²) in [4.78, 5) is 24.8. The van der Waals surface area contributed by atoms with Gasteiger partial charge in [0.25, 0.3) is 0 Å². The molecule has 2 heterocycles. The van der Waals surface area contributed by atoms with Crippen LogP contribution in [0.3, 0.4) is 0 Å². The molecule has 2 rings (SSSR count). The molecule has 1 N–H and O–H groups in total. The van der Waals surface area contributed by atoms with E-state index >= 15 is 0 Å². The predicted molar refractivity (Wildman–Crippen MR) is 89.9 cm³/mol. The molecule has 6 nitrogen and oxygen atoms in total. The number of likely N-dealkylation sites (N-methyl/N-ethyl adjacent to an activating group) is 1. The number of nitrogens with zero attached hydrogens (tertiary/aromatic N) is 4. The summed E-state index contributed by atoms with van der Waals surface area (Å²) in [5.41, 5.74) is 0. The number of nitrogens with one attached hydrogen (secondary N) is 1. The molecule has 1 fully saturated rings. The summed E-state index contributed by atoms with van der Waals surface area (Å²) in [5.74, 6) is 0.821. The Morgan fingerprint density at radius 2 is 2.27 bits per heavy atom. The summed E-state index contributed by atoms with van der Waals surface area (Å²) in [7, 11) is 2.07. The van der Waals surface area contributed by atoms with Crippen LogP contribution in [0, 0.1) is 0 Å². The second-order valence-corrected chi connectivity index (χ2v) is 6.98. The molecule has 1 aliphatic rings. The molecule has 122 valence electrons. The van der Waals surface area contributed by atoms with E-state index in [-0.39, 0.29) is 6.03 Å². The van der Waals surface area contributed by atoms with Gasteiger partial charge in [0.2, 0.25) is 0 Å². The van der Waals surface area contributed by atoms with Crippen LogP contribution in [-0.4, -0.2) is 70.0 Å². The molecule has 1 saturated heterocycles. The number of hydrogen-bond acceptors (Lipinski definition) is 5. The van der Waals surface area contributed by atoms with E-state index in [2.05, 4.69) is 40.4 Å². The van der Waals surface area contributed by atoms with E-state index in [1.54, 1.807) is 24.2 Å². The lowest BCUT2D eigenvalue weighted by Gasteiger charge is -2.24. The number of urea groups is 1. The van der Waals surface area contributed by atoms with E-state index in [9.17, 15) is 4.79 Å². The quantitative estimate of drug-likeness (QED) is 0.858. The predicted octanol–water partition coefficient (Wildman–Crippen LogP) is 1.44. The second-order valence-electron chi connectivity index (χ2n) is 5.70. The van der Waals surface area contributed by atoms with Gasteiger partial charge in [0, 0.05) is 43.3 Å². The molecular weight excluding hydrogens is 298 g/mol. The third-order valence-electron chi connectivity index (χ3n) is 4.03. The van der Waals surface area contributed by atoms with Crippen molar-refractivity contribution in [2.24, 2.45) is 0 Å². The minimum Gasteiger partial charge on any atom is -0.337 e. The molecule has 2 atom stereocenters. The highest BCUT2D eigenvalue weighted by Crippen LogP contribution is 2.16. The van der Waals surface area contributed by atoms with Crippen LogP contribution >= 0.6 is 11.8 Å². The van der Waals surface area contributed by atoms with Crippen molar-refractivity contribution in [1.82, 2.24) is 25.1 Å². The van der Waals surface area contributed by atoms with Gasteiger partial charge in [-0.3, -0.25) is 4.90 Å². The first kappa shape index (κ1) is 17.0. The Morgan fingerprint density at radius 3 is 2.95 bits per heavy atom. The lowest BCUT2D eigenvalue weighted by Crippen LogP contribution is -2.42. The van der Waals surface area contributed by atoms with Crippen molar-refractivity contribution < 1.29 is 4.79 Å². The molecule has 1 aromatic heterocycles. The first-order valence-corrected chi connectivity index (χ1v) is 8.90. The maximum absolute atomic E-state index is 12.2. The van der Waals surface area contributed by atoms with E-state index in [0.717, 1.165) is 31.9 Å². The molecule has 2 amide bonds.